The van der Waals surface area contributed by atoms with Gasteiger partial charge in [0.2, 0.25) is 0 Å². The maximum Gasteiger partial charge on any atom is 0.170 e. The van der Waals surface area contributed by atoms with Gasteiger partial charge in [-0.2, -0.15) is 0 Å². The van der Waals surface area contributed by atoms with Crippen LogP contribution in [-0.2, 0) is 14.3 Å². The Morgan fingerprint density at radius 1 is 1.15 bits per heavy atom. The Balaban J connectivity index is 1.93. The van der Waals surface area contributed by atoms with E-state index in [1.54, 1.807) is 0 Å². The van der Waals surface area contributed by atoms with Crippen molar-refractivity contribution in [3.63, 3.8) is 0 Å². The summed E-state index contributed by atoms with van der Waals surface area (Å²) in [6, 6.07) is 0.422. The molecule has 2 fully saturated rings. The highest BCUT2D eigenvalue weighted by Crippen LogP contribution is 2.32. The van der Waals surface area contributed by atoms with Crippen molar-refractivity contribution in [3.8, 4) is 0 Å². The molecule has 4 heteroatoms. The van der Waals surface area contributed by atoms with Gasteiger partial charge in [0, 0.05) is 38.1 Å². The first kappa shape index (κ1) is 15.9. The normalized spacial score (nSPS) is 28.4. The zero-order valence-corrected chi connectivity index (χ0v) is 13.0. The van der Waals surface area contributed by atoms with Gasteiger partial charge >= 0.3 is 0 Å². The van der Waals surface area contributed by atoms with Crippen molar-refractivity contribution >= 4 is 5.78 Å². The number of hydrogen-bond acceptors (Lipinski definition) is 4. The number of ketones is 1. The highest BCUT2D eigenvalue weighted by Gasteiger charge is 2.37. The Morgan fingerprint density at radius 3 is 2.55 bits per heavy atom. The number of carbonyl (C=O) groups excluding carboxylic acids is 1. The number of hydrogen-bond donors (Lipinski definition) is 0. The van der Waals surface area contributed by atoms with E-state index >= 15 is 0 Å². The second-order valence-electron chi connectivity index (χ2n) is 5.86. The van der Waals surface area contributed by atoms with Crippen LogP contribution in [0, 0.1) is 5.92 Å². The summed E-state index contributed by atoms with van der Waals surface area (Å²) in [5.74, 6) is 0.743. The minimum absolute atomic E-state index is 0.149. The van der Waals surface area contributed by atoms with Crippen LogP contribution >= 0.6 is 0 Å². The molecule has 4 nitrogen and oxygen atoms in total. The SMILES string of the molecule is CCOC(CN1CCCC1C1CCCCC1=O)OCC. The lowest BCUT2D eigenvalue weighted by Gasteiger charge is -2.34. The Labute approximate surface area is 122 Å². The van der Waals surface area contributed by atoms with Crippen LogP contribution in [0.1, 0.15) is 52.4 Å². The van der Waals surface area contributed by atoms with E-state index in [0.717, 1.165) is 38.8 Å². The van der Waals surface area contributed by atoms with Crippen LogP contribution in [0.2, 0.25) is 0 Å². The maximum absolute atomic E-state index is 12.2. The largest absolute Gasteiger partial charge is 0.352 e. The van der Waals surface area contributed by atoms with Crippen molar-refractivity contribution in [2.45, 2.75) is 64.7 Å². The number of likely N-dealkylation sites (tertiary alicyclic amines) is 1. The topological polar surface area (TPSA) is 38.8 Å². The Morgan fingerprint density at radius 2 is 1.90 bits per heavy atom. The van der Waals surface area contributed by atoms with Crippen molar-refractivity contribution < 1.29 is 14.3 Å². The third-order valence-electron chi connectivity index (χ3n) is 4.57. The predicted molar refractivity (Wildman–Crippen MR) is 78.6 cm³/mol. The van der Waals surface area contributed by atoms with Crippen LogP contribution in [0.5, 0.6) is 0 Å². The van der Waals surface area contributed by atoms with Gasteiger partial charge in [-0.05, 0) is 46.1 Å². The first-order chi connectivity index (χ1) is 9.76. The number of carbonyl (C=O) groups is 1. The van der Waals surface area contributed by atoms with Gasteiger partial charge in [0.05, 0.1) is 0 Å². The molecule has 2 aliphatic rings. The molecule has 0 bridgehead atoms. The summed E-state index contributed by atoms with van der Waals surface area (Å²) in [4.78, 5) is 14.6. The predicted octanol–water partition coefficient (Wildman–Crippen LogP) is 2.61. The Bertz CT molecular complexity index is 302. The first-order valence-corrected chi connectivity index (χ1v) is 8.26. The van der Waals surface area contributed by atoms with Gasteiger partial charge in [0.1, 0.15) is 5.78 Å². The van der Waals surface area contributed by atoms with Crippen molar-refractivity contribution in [2.75, 3.05) is 26.3 Å². The number of rotatable bonds is 7. The van der Waals surface area contributed by atoms with Gasteiger partial charge in [-0.1, -0.05) is 6.42 Å². The standard InChI is InChI=1S/C16H29NO3/c1-3-19-16(20-4-2)12-17-11-7-9-14(17)13-8-5-6-10-15(13)18/h13-14,16H,3-12H2,1-2H3. The monoisotopic (exact) mass is 283 g/mol. The smallest absolute Gasteiger partial charge is 0.170 e. The highest BCUT2D eigenvalue weighted by molar-refractivity contribution is 5.82. The quantitative estimate of drug-likeness (QED) is 0.673. The molecule has 0 spiro atoms. The average molecular weight is 283 g/mol. The summed E-state index contributed by atoms with van der Waals surface area (Å²) in [6.45, 7) is 7.22. The lowest BCUT2D eigenvalue weighted by molar-refractivity contribution is -0.151. The highest BCUT2D eigenvalue weighted by atomic mass is 16.7. The summed E-state index contributed by atoms with van der Waals surface area (Å²) >= 11 is 0. The van der Waals surface area contributed by atoms with E-state index in [2.05, 4.69) is 4.90 Å². The average Bonchev–Trinajstić information content (AvgIpc) is 2.88. The van der Waals surface area contributed by atoms with E-state index in [1.165, 1.54) is 12.8 Å². The number of ether oxygens (including phenoxy) is 2. The van der Waals surface area contributed by atoms with Crippen LogP contribution in [0.4, 0.5) is 0 Å². The molecule has 20 heavy (non-hydrogen) atoms. The molecule has 0 amide bonds. The van der Waals surface area contributed by atoms with E-state index in [0.29, 0.717) is 25.0 Å². The van der Waals surface area contributed by atoms with Crippen LogP contribution in [0.15, 0.2) is 0 Å². The van der Waals surface area contributed by atoms with Gasteiger partial charge in [0.25, 0.3) is 0 Å². The van der Waals surface area contributed by atoms with Gasteiger partial charge in [-0.3, -0.25) is 9.69 Å². The zero-order valence-electron chi connectivity index (χ0n) is 13.0. The first-order valence-electron chi connectivity index (χ1n) is 8.26. The molecule has 0 aromatic carbocycles. The Hall–Kier alpha value is -0.450. The molecule has 1 aliphatic heterocycles. The second kappa shape index (κ2) is 8.11. The lowest BCUT2D eigenvalue weighted by Crippen LogP contribution is -2.44. The summed E-state index contributed by atoms with van der Waals surface area (Å²) < 4.78 is 11.3. The van der Waals surface area contributed by atoms with Crippen LogP contribution < -0.4 is 0 Å². The summed E-state index contributed by atoms with van der Waals surface area (Å²) in [6.07, 6.45) is 6.36. The van der Waals surface area contributed by atoms with Gasteiger partial charge < -0.3 is 9.47 Å². The van der Waals surface area contributed by atoms with Crippen LogP contribution in [-0.4, -0.2) is 49.3 Å². The summed E-state index contributed by atoms with van der Waals surface area (Å²) in [5.41, 5.74) is 0. The second-order valence-corrected chi connectivity index (χ2v) is 5.86. The zero-order chi connectivity index (χ0) is 14.4. The molecule has 0 N–H and O–H groups in total. The van der Waals surface area contributed by atoms with E-state index < -0.39 is 0 Å². The molecule has 0 aromatic heterocycles. The van der Waals surface area contributed by atoms with Gasteiger partial charge in [0.15, 0.2) is 6.29 Å². The molecule has 2 rings (SSSR count). The van der Waals surface area contributed by atoms with Crippen molar-refractivity contribution in [1.29, 1.82) is 0 Å². The molecule has 2 atom stereocenters. The minimum atomic E-state index is -0.149. The van der Waals surface area contributed by atoms with Crippen molar-refractivity contribution in [1.82, 2.24) is 4.90 Å². The molecule has 1 saturated heterocycles. The number of nitrogens with zero attached hydrogens (tertiary/aromatic N) is 1. The fraction of sp³-hybridized carbons (Fsp3) is 0.938. The van der Waals surface area contributed by atoms with Crippen molar-refractivity contribution in [3.05, 3.63) is 0 Å². The third kappa shape index (κ3) is 4.03. The van der Waals surface area contributed by atoms with Gasteiger partial charge in [-0.15, -0.1) is 0 Å². The van der Waals surface area contributed by atoms with E-state index in [1.807, 2.05) is 13.8 Å². The van der Waals surface area contributed by atoms with E-state index in [4.69, 9.17) is 9.47 Å². The molecule has 1 aliphatic carbocycles. The van der Waals surface area contributed by atoms with Crippen molar-refractivity contribution in [2.24, 2.45) is 5.92 Å². The molecule has 0 aromatic rings. The molecular formula is C16H29NO3. The molecule has 2 unspecified atom stereocenters. The van der Waals surface area contributed by atoms with E-state index in [9.17, 15) is 4.79 Å². The molecule has 1 heterocycles. The summed E-state index contributed by atoms with van der Waals surface area (Å²) in [7, 11) is 0. The lowest BCUT2D eigenvalue weighted by atomic mass is 9.82. The molecule has 116 valence electrons. The molecule has 1 saturated carbocycles. The third-order valence-corrected chi connectivity index (χ3v) is 4.57. The van der Waals surface area contributed by atoms with Gasteiger partial charge in [-0.25, -0.2) is 0 Å². The van der Waals surface area contributed by atoms with E-state index in [-0.39, 0.29) is 12.2 Å². The summed E-state index contributed by atoms with van der Waals surface area (Å²) in [5, 5.41) is 0. The molecular weight excluding hydrogens is 254 g/mol. The molecule has 0 radical (unpaired) electrons. The van der Waals surface area contributed by atoms with Crippen LogP contribution in [0.3, 0.4) is 0 Å². The Kier molecular flexibility index (Phi) is 6.46. The van der Waals surface area contributed by atoms with Crippen LogP contribution in [0.25, 0.3) is 0 Å². The number of Topliss-reactive ketones (excluding diaryl/α,β-unsaturated/α-hetero) is 1. The fourth-order valence-electron chi connectivity index (χ4n) is 3.67. The minimum Gasteiger partial charge on any atom is -0.352 e. The fourth-order valence-corrected chi connectivity index (χ4v) is 3.67. The maximum atomic E-state index is 12.2.